The zero-order valence-corrected chi connectivity index (χ0v) is 11.6. The molecule has 1 saturated heterocycles. The fraction of sp³-hybridized carbons (Fsp3) is 0.750. The third-order valence-electron chi connectivity index (χ3n) is 3.43. The summed E-state index contributed by atoms with van der Waals surface area (Å²) in [5.74, 6) is 0. The van der Waals surface area contributed by atoms with Gasteiger partial charge in [-0.2, -0.15) is 0 Å². The Bertz CT molecular complexity index is 347. The van der Waals surface area contributed by atoms with E-state index >= 15 is 0 Å². The summed E-state index contributed by atoms with van der Waals surface area (Å²) in [6.07, 6.45) is 2.64. The number of nitrogens with one attached hydrogen (secondary N) is 1. The van der Waals surface area contributed by atoms with Crippen molar-refractivity contribution < 1.29 is 4.74 Å². The van der Waals surface area contributed by atoms with Gasteiger partial charge in [-0.1, -0.05) is 0 Å². The van der Waals surface area contributed by atoms with Crippen LogP contribution in [0.5, 0.6) is 0 Å². The highest BCUT2D eigenvalue weighted by molar-refractivity contribution is 7.13. The van der Waals surface area contributed by atoms with Crippen LogP contribution in [0.2, 0.25) is 0 Å². The number of methoxy groups -OCH3 is 1. The van der Waals surface area contributed by atoms with E-state index in [1.807, 2.05) is 7.05 Å². The summed E-state index contributed by atoms with van der Waals surface area (Å²) >= 11 is 1.74. The zero-order valence-electron chi connectivity index (χ0n) is 10.8. The van der Waals surface area contributed by atoms with Gasteiger partial charge in [0.25, 0.3) is 0 Å². The lowest BCUT2D eigenvalue weighted by atomic mass is 10.1. The van der Waals surface area contributed by atoms with Crippen molar-refractivity contribution in [3.63, 3.8) is 0 Å². The van der Waals surface area contributed by atoms with Crippen LogP contribution in [-0.4, -0.2) is 38.3 Å². The number of aromatic nitrogens is 1. The molecule has 17 heavy (non-hydrogen) atoms. The second-order valence-electron chi connectivity index (χ2n) is 4.49. The monoisotopic (exact) mass is 255 g/mol. The summed E-state index contributed by atoms with van der Waals surface area (Å²) in [5.41, 5.74) is 1.14. The molecule has 5 heteroatoms. The molecule has 96 valence electrons. The average Bonchev–Trinajstić information content (AvgIpc) is 2.87. The molecule has 0 radical (unpaired) electrons. The Morgan fingerprint density at radius 1 is 1.53 bits per heavy atom. The van der Waals surface area contributed by atoms with E-state index in [1.165, 1.54) is 0 Å². The molecule has 1 unspecified atom stereocenters. The summed E-state index contributed by atoms with van der Waals surface area (Å²) in [6.45, 7) is 4.24. The van der Waals surface area contributed by atoms with E-state index in [2.05, 4.69) is 22.5 Å². The lowest BCUT2D eigenvalue weighted by molar-refractivity contribution is 0.0819. The van der Waals surface area contributed by atoms with Crippen molar-refractivity contribution in [2.45, 2.75) is 31.9 Å². The van der Waals surface area contributed by atoms with Crippen LogP contribution in [-0.2, 0) is 4.74 Å². The minimum absolute atomic E-state index is 0.330. The van der Waals surface area contributed by atoms with E-state index in [-0.39, 0.29) is 0 Å². The molecule has 1 aromatic heterocycles. The highest BCUT2D eigenvalue weighted by atomic mass is 32.1. The topological polar surface area (TPSA) is 37.4 Å². The minimum Gasteiger partial charge on any atom is -0.381 e. The number of hydrogen-bond donors (Lipinski definition) is 1. The van der Waals surface area contributed by atoms with E-state index in [0.717, 1.165) is 36.8 Å². The summed E-state index contributed by atoms with van der Waals surface area (Å²) in [7, 11) is 3.77. The third-order valence-corrected chi connectivity index (χ3v) is 4.35. The molecule has 2 heterocycles. The molecule has 1 N–H and O–H groups in total. The first-order valence-electron chi connectivity index (χ1n) is 6.15. The molecule has 1 aliphatic heterocycles. The Hall–Kier alpha value is -0.650. The maximum atomic E-state index is 5.38. The van der Waals surface area contributed by atoms with Crippen molar-refractivity contribution in [3.05, 3.63) is 11.1 Å². The molecule has 1 fully saturated rings. The maximum absolute atomic E-state index is 5.38. The van der Waals surface area contributed by atoms with E-state index in [1.54, 1.807) is 18.4 Å². The molecule has 0 saturated carbocycles. The Labute approximate surface area is 107 Å². The third kappa shape index (κ3) is 2.97. The Morgan fingerprint density at radius 2 is 2.24 bits per heavy atom. The van der Waals surface area contributed by atoms with Crippen LogP contribution in [0, 0.1) is 0 Å². The molecule has 1 aliphatic rings. The number of anilines is 1. The quantitative estimate of drug-likeness (QED) is 0.893. The van der Waals surface area contributed by atoms with Crippen LogP contribution >= 0.6 is 11.3 Å². The predicted molar refractivity (Wildman–Crippen MR) is 71.8 cm³/mol. The summed E-state index contributed by atoms with van der Waals surface area (Å²) in [5, 5.41) is 6.52. The van der Waals surface area contributed by atoms with Gasteiger partial charge in [-0.15, -0.1) is 11.3 Å². The molecule has 0 bridgehead atoms. The van der Waals surface area contributed by atoms with Gasteiger partial charge >= 0.3 is 0 Å². The van der Waals surface area contributed by atoms with E-state index < -0.39 is 0 Å². The molecule has 0 spiro atoms. The second kappa shape index (κ2) is 5.80. The fourth-order valence-electron chi connectivity index (χ4n) is 2.05. The molecular weight excluding hydrogens is 234 g/mol. The van der Waals surface area contributed by atoms with Gasteiger partial charge in [0.05, 0.1) is 11.8 Å². The second-order valence-corrected chi connectivity index (χ2v) is 5.32. The largest absolute Gasteiger partial charge is 0.381 e. The Kier molecular flexibility index (Phi) is 4.36. The normalized spacial score (nSPS) is 19.6. The van der Waals surface area contributed by atoms with Crippen molar-refractivity contribution in [2.24, 2.45) is 0 Å². The van der Waals surface area contributed by atoms with Crippen molar-refractivity contribution >= 4 is 16.5 Å². The molecule has 0 amide bonds. The molecule has 1 aromatic rings. The van der Waals surface area contributed by atoms with Crippen LogP contribution < -0.4 is 10.2 Å². The van der Waals surface area contributed by atoms with Gasteiger partial charge in [0.15, 0.2) is 5.13 Å². The van der Waals surface area contributed by atoms with E-state index in [9.17, 15) is 0 Å². The number of thiazole rings is 1. The molecule has 0 aliphatic carbocycles. The summed E-state index contributed by atoms with van der Waals surface area (Å²) in [6, 6.07) is 0.330. The first-order chi connectivity index (χ1) is 8.24. The fourth-order valence-corrected chi connectivity index (χ4v) is 3.02. The van der Waals surface area contributed by atoms with Gasteiger partial charge < -0.3 is 15.0 Å². The lowest BCUT2D eigenvalue weighted by Crippen LogP contribution is -2.36. The molecule has 1 atom stereocenters. The average molecular weight is 255 g/mol. The lowest BCUT2D eigenvalue weighted by Gasteiger charge is -2.30. The standard InChI is InChI=1S/C12H21N3OS/c1-9(13-2)11-8-17-12(14-11)15-6-4-10(16-3)5-7-15/h8-10,13H,4-7H2,1-3H3. The summed E-state index contributed by atoms with van der Waals surface area (Å²) < 4.78 is 5.38. The zero-order chi connectivity index (χ0) is 12.3. The van der Waals surface area contributed by atoms with Crippen molar-refractivity contribution in [1.82, 2.24) is 10.3 Å². The molecule has 4 nitrogen and oxygen atoms in total. The Morgan fingerprint density at radius 3 is 2.82 bits per heavy atom. The van der Waals surface area contributed by atoms with Crippen molar-refractivity contribution in [3.8, 4) is 0 Å². The maximum Gasteiger partial charge on any atom is 0.185 e. The molecule has 2 rings (SSSR count). The number of hydrogen-bond acceptors (Lipinski definition) is 5. The van der Waals surface area contributed by atoms with Gasteiger partial charge in [0.2, 0.25) is 0 Å². The highest BCUT2D eigenvalue weighted by Gasteiger charge is 2.21. The van der Waals surface area contributed by atoms with Crippen molar-refractivity contribution in [2.75, 3.05) is 32.1 Å². The van der Waals surface area contributed by atoms with E-state index in [4.69, 9.17) is 9.72 Å². The van der Waals surface area contributed by atoms with Crippen LogP contribution in [0.4, 0.5) is 5.13 Å². The van der Waals surface area contributed by atoms with Gasteiger partial charge in [-0.3, -0.25) is 0 Å². The predicted octanol–water partition coefficient (Wildman–Crippen LogP) is 2.04. The van der Waals surface area contributed by atoms with E-state index in [0.29, 0.717) is 12.1 Å². The van der Waals surface area contributed by atoms with Gasteiger partial charge in [-0.05, 0) is 26.8 Å². The minimum atomic E-state index is 0.330. The van der Waals surface area contributed by atoms with Gasteiger partial charge in [-0.25, -0.2) is 4.98 Å². The van der Waals surface area contributed by atoms with Crippen molar-refractivity contribution in [1.29, 1.82) is 0 Å². The first-order valence-corrected chi connectivity index (χ1v) is 7.03. The SMILES string of the molecule is CNC(C)c1csc(N2CCC(OC)CC2)n1. The van der Waals surface area contributed by atoms with Gasteiger partial charge in [0, 0.05) is 31.6 Å². The smallest absolute Gasteiger partial charge is 0.185 e. The Balaban J connectivity index is 1.97. The number of ether oxygens (including phenoxy) is 1. The number of piperidine rings is 1. The summed E-state index contributed by atoms with van der Waals surface area (Å²) in [4.78, 5) is 7.06. The number of rotatable bonds is 4. The highest BCUT2D eigenvalue weighted by Crippen LogP contribution is 2.26. The molecule has 0 aromatic carbocycles. The number of nitrogens with zero attached hydrogens (tertiary/aromatic N) is 2. The van der Waals surface area contributed by atoms with Crippen LogP contribution in [0.3, 0.4) is 0 Å². The van der Waals surface area contributed by atoms with Crippen LogP contribution in [0.1, 0.15) is 31.5 Å². The first kappa shape index (κ1) is 12.8. The van der Waals surface area contributed by atoms with Crippen LogP contribution in [0.25, 0.3) is 0 Å². The van der Waals surface area contributed by atoms with Crippen LogP contribution in [0.15, 0.2) is 5.38 Å². The van der Waals surface area contributed by atoms with Gasteiger partial charge in [0.1, 0.15) is 0 Å². The molecular formula is C12H21N3OS.